The Balaban J connectivity index is 2.33. The van der Waals surface area contributed by atoms with Crippen LogP contribution >= 0.6 is 9.24 Å². The van der Waals surface area contributed by atoms with Crippen molar-refractivity contribution in [1.29, 1.82) is 0 Å². The topological polar surface area (TPSA) is 9.23 Å². The first kappa shape index (κ1) is 11.3. The lowest BCUT2D eigenvalue weighted by Gasteiger charge is -2.16. The summed E-state index contributed by atoms with van der Waals surface area (Å²) in [5.41, 5.74) is 2.36. The second-order valence-corrected chi connectivity index (χ2v) is 4.36. The standard InChI is InChI=1S/C14H15OP/c1-15-14(11-5-3-2-4-6-11)12-7-9-13(16)10-8-12/h2-10,14H,16H2,1H3. The molecule has 1 nitrogen and oxygen atoms in total. The molecule has 2 atom stereocenters. The van der Waals surface area contributed by atoms with Crippen molar-refractivity contribution in [3.05, 3.63) is 65.7 Å². The van der Waals surface area contributed by atoms with E-state index in [2.05, 4.69) is 45.6 Å². The van der Waals surface area contributed by atoms with Crippen molar-refractivity contribution in [1.82, 2.24) is 0 Å². The molecule has 0 aliphatic rings. The molecule has 0 aliphatic carbocycles. The monoisotopic (exact) mass is 230 g/mol. The van der Waals surface area contributed by atoms with Crippen molar-refractivity contribution in [2.45, 2.75) is 6.10 Å². The summed E-state index contributed by atoms with van der Waals surface area (Å²) < 4.78 is 5.56. The molecule has 16 heavy (non-hydrogen) atoms. The van der Waals surface area contributed by atoms with Gasteiger partial charge in [-0.2, -0.15) is 0 Å². The summed E-state index contributed by atoms with van der Waals surface area (Å²) in [6.07, 6.45) is 0.0202. The lowest BCUT2D eigenvalue weighted by atomic mass is 10.0. The first-order chi connectivity index (χ1) is 7.81. The molecule has 0 N–H and O–H groups in total. The van der Waals surface area contributed by atoms with E-state index in [0.717, 1.165) is 0 Å². The maximum atomic E-state index is 5.56. The van der Waals surface area contributed by atoms with Crippen LogP contribution in [0.25, 0.3) is 0 Å². The number of methoxy groups -OCH3 is 1. The van der Waals surface area contributed by atoms with Crippen LogP contribution in [-0.4, -0.2) is 7.11 Å². The predicted molar refractivity (Wildman–Crippen MR) is 71.1 cm³/mol. The zero-order valence-corrected chi connectivity index (χ0v) is 10.4. The van der Waals surface area contributed by atoms with Crippen LogP contribution in [0.2, 0.25) is 0 Å². The van der Waals surface area contributed by atoms with Gasteiger partial charge in [-0.1, -0.05) is 54.6 Å². The zero-order valence-electron chi connectivity index (χ0n) is 9.26. The van der Waals surface area contributed by atoms with E-state index >= 15 is 0 Å². The molecule has 0 fully saturated rings. The Bertz CT molecular complexity index is 436. The summed E-state index contributed by atoms with van der Waals surface area (Å²) in [7, 11) is 4.43. The maximum Gasteiger partial charge on any atom is 0.107 e. The van der Waals surface area contributed by atoms with Gasteiger partial charge in [0.25, 0.3) is 0 Å². The van der Waals surface area contributed by atoms with Crippen LogP contribution in [-0.2, 0) is 4.74 Å². The van der Waals surface area contributed by atoms with Crippen LogP contribution in [0, 0.1) is 0 Å². The molecule has 0 amide bonds. The smallest absolute Gasteiger partial charge is 0.107 e. The number of ether oxygens (including phenoxy) is 1. The molecule has 0 spiro atoms. The number of hydrogen-bond donors (Lipinski definition) is 0. The fourth-order valence-corrected chi connectivity index (χ4v) is 1.96. The first-order valence-electron chi connectivity index (χ1n) is 5.24. The molecule has 2 unspecified atom stereocenters. The van der Waals surface area contributed by atoms with Gasteiger partial charge in [0.2, 0.25) is 0 Å². The number of rotatable bonds is 3. The van der Waals surface area contributed by atoms with Crippen LogP contribution in [0.3, 0.4) is 0 Å². The van der Waals surface area contributed by atoms with Crippen LogP contribution in [0.15, 0.2) is 54.6 Å². The summed E-state index contributed by atoms with van der Waals surface area (Å²) >= 11 is 0. The van der Waals surface area contributed by atoms with Gasteiger partial charge < -0.3 is 4.74 Å². The van der Waals surface area contributed by atoms with Crippen LogP contribution in [0.1, 0.15) is 17.2 Å². The molecule has 0 aliphatic heterocycles. The minimum absolute atomic E-state index is 0.0202. The van der Waals surface area contributed by atoms with Crippen LogP contribution in [0.5, 0.6) is 0 Å². The van der Waals surface area contributed by atoms with Crippen molar-refractivity contribution < 1.29 is 4.74 Å². The zero-order chi connectivity index (χ0) is 11.4. The first-order valence-corrected chi connectivity index (χ1v) is 5.82. The summed E-state index contributed by atoms with van der Waals surface area (Å²) in [5.74, 6) is 0. The molecule has 0 saturated carbocycles. The van der Waals surface area contributed by atoms with E-state index in [9.17, 15) is 0 Å². The highest BCUT2D eigenvalue weighted by molar-refractivity contribution is 7.27. The fraction of sp³-hybridized carbons (Fsp3) is 0.143. The van der Waals surface area contributed by atoms with Gasteiger partial charge in [0, 0.05) is 7.11 Å². The molecule has 0 aromatic heterocycles. The highest BCUT2D eigenvalue weighted by Crippen LogP contribution is 2.24. The van der Waals surface area contributed by atoms with Crippen molar-refractivity contribution in [3.63, 3.8) is 0 Å². The van der Waals surface area contributed by atoms with Gasteiger partial charge in [0.15, 0.2) is 0 Å². The number of hydrogen-bond acceptors (Lipinski definition) is 1. The normalized spacial score (nSPS) is 12.4. The van der Waals surface area contributed by atoms with E-state index in [-0.39, 0.29) is 6.10 Å². The molecule has 0 saturated heterocycles. The largest absolute Gasteiger partial charge is 0.372 e. The molecule has 82 valence electrons. The molecule has 2 heteroatoms. The quantitative estimate of drug-likeness (QED) is 0.737. The molecular formula is C14H15OP. The SMILES string of the molecule is COC(c1ccccc1)c1ccc(P)cc1. The third kappa shape index (κ3) is 2.49. The highest BCUT2D eigenvalue weighted by Gasteiger charge is 2.11. The van der Waals surface area contributed by atoms with E-state index < -0.39 is 0 Å². The van der Waals surface area contributed by atoms with Crippen molar-refractivity contribution in [2.75, 3.05) is 7.11 Å². The molecular weight excluding hydrogens is 215 g/mol. The van der Waals surface area contributed by atoms with Crippen molar-refractivity contribution in [2.24, 2.45) is 0 Å². The second kappa shape index (κ2) is 5.25. The van der Waals surface area contributed by atoms with Gasteiger partial charge in [-0.3, -0.25) is 0 Å². The molecule has 2 aromatic carbocycles. The van der Waals surface area contributed by atoms with Gasteiger partial charge in [-0.25, -0.2) is 0 Å². The van der Waals surface area contributed by atoms with Gasteiger partial charge >= 0.3 is 0 Å². The highest BCUT2D eigenvalue weighted by atomic mass is 31.0. The Morgan fingerprint density at radius 1 is 0.875 bits per heavy atom. The molecule has 0 radical (unpaired) electrons. The van der Waals surface area contributed by atoms with Gasteiger partial charge in [-0.05, 0) is 16.4 Å². The summed E-state index contributed by atoms with van der Waals surface area (Å²) in [6, 6.07) is 18.6. The van der Waals surface area contributed by atoms with Crippen molar-refractivity contribution >= 4 is 14.5 Å². The minimum atomic E-state index is 0.0202. The Hall–Kier alpha value is -1.17. The summed E-state index contributed by atoms with van der Waals surface area (Å²) in [6.45, 7) is 0. The van der Waals surface area contributed by atoms with E-state index in [4.69, 9.17) is 4.74 Å². The number of benzene rings is 2. The average molecular weight is 230 g/mol. The molecule has 0 bridgehead atoms. The predicted octanol–water partition coefficient (Wildman–Crippen LogP) is 2.92. The van der Waals surface area contributed by atoms with Gasteiger partial charge in [0.05, 0.1) is 0 Å². The molecule has 0 heterocycles. The summed E-state index contributed by atoms with van der Waals surface area (Å²) in [5, 5.41) is 1.19. The lowest BCUT2D eigenvalue weighted by Crippen LogP contribution is -2.04. The van der Waals surface area contributed by atoms with Crippen LogP contribution < -0.4 is 5.30 Å². The fourth-order valence-electron chi connectivity index (χ4n) is 1.76. The third-order valence-electron chi connectivity index (χ3n) is 2.58. The molecule has 2 rings (SSSR count). The van der Waals surface area contributed by atoms with E-state index in [1.165, 1.54) is 16.4 Å². The van der Waals surface area contributed by atoms with Gasteiger partial charge in [0.1, 0.15) is 6.10 Å². The third-order valence-corrected chi connectivity index (χ3v) is 2.96. The maximum absolute atomic E-state index is 5.56. The molecule has 2 aromatic rings. The average Bonchev–Trinajstić information content (AvgIpc) is 2.34. The van der Waals surface area contributed by atoms with Crippen molar-refractivity contribution in [3.8, 4) is 0 Å². The second-order valence-electron chi connectivity index (χ2n) is 3.69. The van der Waals surface area contributed by atoms with Crippen LogP contribution in [0.4, 0.5) is 0 Å². The Kier molecular flexibility index (Phi) is 3.71. The Morgan fingerprint density at radius 2 is 1.44 bits per heavy atom. The Morgan fingerprint density at radius 3 is 2.00 bits per heavy atom. The van der Waals surface area contributed by atoms with E-state index in [1.807, 2.05) is 18.2 Å². The summed E-state index contributed by atoms with van der Waals surface area (Å²) in [4.78, 5) is 0. The lowest BCUT2D eigenvalue weighted by molar-refractivity contribution is 0.136. The minimum Gasteiger partial charge on any atom is -0.372 e. The van der Waals surface area contributed by atoms with E-state index in [0.29, 0.717) is 0 Å². The van der Waals surface area contributed by atoms with E-state index in [1.54, 1.807) is 7.11 Å². The van der Waals surface area contributed by atoms with Gasteiger partial charge in [-0.15, -0.1) is 9.24 Å². The Labute approximate surface area is 98.7 Å².